The van der Waals surface area contributed by atoms with Crippen LogP contribution in [0.15, 0.2) is 72.8 Å². The van der Waals surface area contributed by atoms with E-state index in [1.165, 1.54) is 5.56 Å². The number of para-hydroxylation sites is 1. The van der Waals surface area contributed by atoms with E-state index in [-0.39, 0.29) is 20.6 Å². The molecule has 230 valence electrons. The standard InChI is InChI=1S/C33H38ClN5O3S.2H2/c1-43-19-14-35-31(40)27-8-4-5-9-30(27)38-15-17-39(18-16-38)33(42)29(20-23-10-12-26(34)13-11-23)37-32(41)28-21-24-6-2-3-7-25(24)22-36-28;;/h2-13,28-29,36H,14-22H2,1H3,(H,35,40)(H,37,41);2*1H/t28-,29+;;/m0../s1. The largest absolute Gasteiger partial charge is 0.367 e. The van der Waals surface area contributed by atoms with Crippen LogP contribution in [0.3, 0.4) is 0 Å². The van der Waals surface area contributed by atoms with Crippen molar-refractivity contribution in [1.29, 1.82) is 0 Å². The van der Waals surface area contributed by atoms with Crippen molar-refractivity contribution < 1.29 is 17.2 Å². The quantitative estimate of drug-likeness (QED) is 0.296. The molecule has 8 nitrogen and oxygen atoms in total. The summed E-state index contributed by atoms with van der Waals surface area (Å²) in [5, 5.41) is 10.0. The summed E-state index contributed by atoms with van der Waals surface area (Å²) in [5.74, 6) is 0.476. The Balaban J connectivity index is 0.00000276. The van der Waals surface area contributed by atoms with Gasteiger partial charge >= 0.3 is 0 Å². The minimum Gasteiger partial charge on any atom is -0.367 e. The maximum atomic E-state index is 13.9. The van der Waals surface area contributed by atoms with Gasteiger partial charge in [-0.05, 0) is 53.6 Å². The van der Waals surface area contributed by atoms with E-state index in [0.29, 0.717) is 62.7 Å². The zero-order chi connectivity index (χ0) is 30.2. The second kappa shape index (κ2) is 14.8. The Kier molecular flexibility index (Phi) is 10.6. The van der Waals surface area contributed by atoms with Crippen molar-refractivity contribution in [2.45, 2.75) is 31.5 Å². The van der Waals surface area contributed by atoms with Crippen LogP contribution in [0.25, 0.3) is 0 Å². The molecule has 0 bridgehead atoms. The Morgan fingerprint density at radius 3 is 2.42 bits per heavy atom. The molecule has 0 unspecified atom stereocenters. The first-order valence-electron chi connectivity index (χ1n) is 14.7. The van der Waals surface area contributed by atoms with Crippen LogP contribution in [0, 0.1) is 0 Å². The zero-order valence-electron chi connectivity index (χ0n) is 24.4. The molecule has 10 heteroatoms. The van der Waals surface area contributed by atoms with E-state index in [4.69, 9.17) is 11.6 Å². The Bertz CT molecular complexity index is 1440. The average molecular weight is 624 g/mol. The van der Waals surface area contributed by atoms with Crippen molar-refractivity contribution in [2.24, 2.45) is 0 Å². The molecule has 3 aromatic rings. The lowest BCUT2D eigenvalue weighted by molar-refractivity contribution is -0.137. The predicted molar refractivity (Wildman–Crippen MR) is 178 cm³/mol. The molecule has 0 aliphatic carbocycles. The number of carbonyl (C=O) groups excluding carboxylic acids is 3. The minimum absolute atomic E-state index is 0. The van der Waals surface area contributed by atoms with E-state index >= 15 is 0 Å². The first kappa shape index (κ1) is 30.9. The van der Waals surface area contributed by atoms with Crippen molar-refractivity contribution in [2.75, 3.05) is 49.6 Å². The maximum Gasteiger partial charge on any atom is 0.253 e. The molecule has 3 aromatic carbocycles. The molecule has 1 fully saturated rings. The van der Waals surface area contributed by atoms with Crippen LogP contribution >= 0.6 is 23.4 Å². The highest BCUT2D eigenvalue weighted by Crippen LogP contribution is 2.23. The number of halogens is 1. The maximum absolute atomic E-state index is 13.9. The number of fused-ring (bicyclic) bond motifs is 1. The van der Waals surface area contributed by atoms with Gasteiger partial charge in [-0.3, -0.25) is 14.4 Å². The van der Waals surface area contributed by atoms with E-state index in [9.17, 15) is 14.4 Å². The average Bonchev–Trinajstić information content (AvgIpc) is 3.05. The van der Waals surface area contributed by atoms with Gasteiger partial charge in [-0.1, -0.05) is 60.1 Å². The van der Waals surface area contributed by atoms with Crippen LogP contribution in [-0.4, -0.2) is 79.4 Å². The third-order valence-electron chi connectivity index (χ3n) is 8.04. The lowest BCUT2D eigenvalue weighted by Crippen LogP contribution is -2.58. The first-order chi connectivity index (χ1) is 20.9. The number of carbonyl (C=O) groups is 3. The van der Waals surface area contributed by atoms with Crippen molar-refractivity contribution >= 4 is 46.8 Å². The van der Waals surface area contributed by atoms with Gasteiger partial charge in [-0.2, -0.15) is 11.8 Å². The van der Waals surface area contributed by atoms with E-state index in [1.54, 1.807) is 23.9 Å². The van der Waals surface area contributed by atoms with Crippen molar-refractivity contribution in [3.63, 3.8) is 0 Å². The number of piperazine rings is 1. The lowest BCUT2D eigenvalue weighted by Gasteiger charge is -2.38. The number of hydrogen-bond acceptors (Lipinski definition) is 6. The van der Waals surface area contributed by atoms with Crippen LogP contribution in [0.1, 0.15) is 29.9 Å². The smallest absolute Gasteiger partial charge is 0.253 e. The summed E-state index contributed by atoms with van der Waals surface area (Å²) in [6.45, 7) is 3.38. The second-order valence-electron chi connectivity index (χ2n) is 10.9. The molecule has 2 aliphatic heterocycles. The number of thioether (sulfide) groups is 1. The number of nitrogens with one attached hydrogen (secondary N) is 3. The monoisotopic (exact) mass is 623 g/mol. The zero-order valence-corrected chi connectivity index (χ0v) is 25.9. The molecular formula is C33H42ClN5O3S. The third kappa shape index (κ3) is 7.90. The molecule has 0 saturated carbocycles. The van der Waals surface area contributed by atoms with Gasteiger partial charge in [-0.25, -0.2) is 0 Å². The summed E-state index contributed by atoms with van der Waals surface area (Å²) in [6.07, 6.45) is 2.95. The molecule has 0 spiro atoms. The predicted octanol–water partition coefficient (Wildman–Crippen LogP) is 4.02. The molecule has 5 rings (SSSR count). The Hall–Kier alpha value is -3.53. The minimum atomic E-state index is -0.714. The summed E-state index contributed by atoms with van der Waals surface area (Å²) >= 11 is 7.79. The van der Waals surface area contributed by atoms with E-state index in [0.717, 1.165) is 22.6 Å². The van der Waals surface area contributed by atoms with Gasteiger partial charge in [-0.15, -0.1) is 0 Å². The number of anilines is 1. The van der Waals surface area contributed by atoms with E-state index in [2.05, 4.69) is 33.0 Å². The van der Waals surface area contributed by atoms with Gasteiger partial charge in [0.2, 0.25) is 11.8 Å². The van der Waals surface area contributed by atoms with Gasteiger partial charge < -0.3 is 25.8 Å². The summed E-state index contributed by atoms with van der Waals surface area (Å²) in [7, 11) is 0. The fourth-order valence-corrected chi connectivity index (χ4v) is 6.09. The highest BCUT2D eigenvalue weighted by molar-refractivity contribution is 7.98. The van der Waals surface area contributed by atoms with Crippen LogP contribution in [-0.2, 0) is 29.0 Å². The number of nitrogens with zero attached hydrogens (tertiary/aromatic N) is 2. The second-order valence-corrected chi connectivity index (χ2v) is 12.3. The molecule has 3 N–H and O–H groups in total. The topological polar surface area (TPSA) is 93.8 Å². The summed E-state index contributed by atoms with van der Waals surface area (Å²) < 4.78 is 0. The summed E-state index contributed by atoms with van der Waals surface area (Å²) in [4.78, 5) is 44.3. The van der Waals surface area contributed by atoms with Crippen molar-refractivity contribution in [1.82, 2.24) is 20.9 Å². The molecule has 3 amide bonds. The normalized spacial score (nSPS) is 17.1. The SMILES string of the molecule is CSCCNC(=O)c1ccccc1N1CCN(C(=O)[C@@H](Cc2ccc(Cl)cc2)NC(=O)[C@@H]2Cc3ccccc3CN2)CC1.[HH].[HH]. The molecule has 0 aromatic heterocycles. The fraction of sp³-hybridized carbons (Fsp3) is 0.364. The van der Waals surface area contributed by atoms with Gasteiger partial charge in [0.15, 0.2) is 0 Å². The lowest BCUT2D eigenvalue weighted by atomic mass is 9.95. The van der Waals surface area contributed by atoms with E-state index < -0.39 is 12.1 Å². The summed E-state index contributed by atoms with van der Waals surface area (Å²) in [6, 6.07) is 22.0. The molecule has 2 atom stereocenters. The highest BCUT2D eigenvalue weighted by atomic mass is 35.5. The van der Waals surface area contributed by atoms with Crippen molar-refractivity contribution in [3.8, 4) is 0 Å². The van der Waals surface area contributed by atoms with Crippen LogP contribution in [0.4, 0.5) is 5.69 Å². The Morgan fingerprint density at radius 2 is 1.67 bits per heavy atom. The molecule has 0 radical (unpaired) electrons. The van der Waals surface area contributed by atoms with Gasteiger partial charge in [0.25, 0.3) is 5.91 Å². The van der Waals surface area contributed by atoms with Gasteiger partial charge in [0.1, 0.15) is 6.04 Å². The van der Waals surface area contributed by atoms with Gasteiger partial charge in [0, 0.05) is 65.0 Å². The first-order valence-corrected chi connectivity index (χ1v) is 16.4. The number of benzene rings is 3. The third-order valence-corrected chi connectivity index (χ3v) is 8.90. The summed E-state index contributed by atoms with van der Waals surface area (Å²) in [5.41, 5.74) is 4.77. The van der Waals surface area contributed by atoms with Gasteiger partial charge in [0.05, 0.1) is 11.6 Å². The molecule has 43 heavy (non-hydrogen) atoms. The fourth-order valence-electron chi connectivity index (χ4n) is 5.66. The molecule has 2 aliphatic rings. The molecule has 1 saturated heterocycles. The Morgan fingerprint density at radius 1 is 0.977 bits per heavy atom. The van der Waals surface area contributed by atoms with Crippen LogP contribution in [0.2, 0.25) is 5.02 Å². The Labute approximate surface area is 265 Å². The van der Waals surface area contributed by atoms with E-state index in [1.807, 2.05) is 59.7 Å². The van der Waals surface area contributed by atoms with Crippen LogP contribution in [0.5, 0.6) is 0 Å². The van der Waals surface area contributed by atoms with Crippen LogP contribution < -0.4 is 20.9 Å². The number of rotatable bonds is 10. The number of amides is 3. The number of hydrogen-bond donors (Lipinski definition) is 3. The molecular weight excluding hydrogens is 582 g/mol. The molecule has 2 heterocycles. The van der Waals surface area contributed by atoms with Crippen molar-refractivity contribution in [3.05, 3.63) is 100 Å². The highest BCUT2D eigenvalue weighted by Gasteiger charge is 2.32.